The lowest BCUT2D eigenvalue weighted by atomic mass is 10.1. The summed E-state index contributed by atoms with van der Waals surface area (Å²) < 4.78 is 31.2. The lowest BCUT2D eigenvalue weighted by Gasteiger charge is -2.04. The van der Waals surface area contributed by atoms with Crippen LogP contribution in [0.5, 0.6) is 5.75 Å². The standard InChI is InChI=1S/C15H12F2O2S/c1-19-11-3-5-12(6-4-11)20-9-15(18)13-7-2-10(16)8-14(13)17/h2-8H,9H2,1H3. The molecule has 0 unspecified atom stereocenters. The highest BCUT2D eigenvalue weighted by Gasteiger charge is 2.12. The third-order valence-corrected chi connectivity index (χ3v) is 3.67. The highest BCUT2D eigenvalue weighted by Crippen LogP contribution is 2.22. The van der Waals surface area contributed by atoms with E-state index in [1.54, 1.807) is 19.2 Å². The molecule has 2 aromatic carbocycles. The van der Waals surface area contributed by atoms with Gasteiger partial charge < -0.3 is 4.74 Å². The summed E-state index contributed by atoms with van der Waals surface area (Å²) in [6.45, 7) is 0. The number of benzene rings is 2. The Labute approximate surface area is 119 Å². The van der Waals surface area contributed by atoms with E-state index in [9.17, 15) is 13.6 Å². The Kier molecular flexibility index (Phi) is 4.74. The normalized spacial score (nSPS) is 10.3. The van der Waals surface area contributed by atoms with E-state index in [0.717, 1.165) is 16.7 Å². The average Bonchev–Trinajstić information content (AvgIpc) is 2.45. The molecule has 5 heteroatoms. The number of hydrogen-bond donors (Lipinski definition) is 0. The Morgan fingerprint density at radius 3 is 2.45 bits per heavy atom. The van der Waals surface area contributed by atoms with Crippen LogP contribution in [0.2, 0.25) is 0 Å². The minimum Gasteiger partial charge on any atom is -0.497 e. The van der Waals surface area contributed by atoms with Gasteiger partial charge in [0, 0.05) is 11.0 Å². The van der Waals surface area contributed by atoms with Gasteiger partial charge in [0.1, 0.15) is 17.4 Å². The first kappa shape index (κ1) is 14.5. The maximum Gasteiger partial charge on any atom is 0.176 e. The van der Waals surface area contributed by atoms with Gasteiger partial charge in [-0.3, -0.25) is 4.79 Å². The highest BCUT2D eigenvalue weighted by atomic mass is 32.2. The highest BCUT2D eigenvalue weighted by molar-refractivity contribution is 8.00. The molecule has 0 atom stereocenters. The Balaban J connectivity index is 2.00. The number of methoxy groups -OCH3 is 1. The van der Waals surface area contributed by atoms with Gasteiger partial charge in [0.15, 0.2) is 5.78 Å². The summed E-state index contributed by atoms with van der Waals surface area (Å²) in [5, 5.41) is 0. The number of thioether (sulfide) groups is 1. The van der Waals surface area contributed by atoms with Crippen molar-refractivity contribution in [3.63, 3.8) is 0 Å². The van der Waals surface area contributed by atoms with Crippen LogP contribution in [0.3, 0.4) is 0 Å². The molecule has 0 saturated heterocycles. The first-order valence-corrected chi connectivity index (χ1v) is 6.84. The minimum absolute atomic E-state index is 0.0904. The number of carbonyl (C=O) groups excluding carboxylic acids is 1. The third kappa shape index (κ3) is 3.57. The average molecular weight is 294 g/mol. The fraction of sp³-hybridized carbons (Fsp3) is 0.133. The summed E-state index contributed by atoms with van der Waals surface area (Å²) in [6.07, 6.45) is 0. The van der Waals surface area contributed by atoms with E-state index >= 15 is 0 Å². The molecule has 0 heterocycles. The molecule has 104 valence electrons. The van der Waals surface area contributed by atoms with Gasteiger partial charge in [0.05, 0.1) is 18.4 Å². The van der Waals surface area contributed by atoms with Crippen LogP contribution >= 0.6 is 11.8 Å². The Hall–Kier alpha value is -1.88. The second kappa shape index (κ2) is 6.52. The number of Topliss-reactive ketones (excluding diaryl/α,β-unsaturated/α-hetero) is 1. The largest absolute Gasteiger partial charge is 0.497 e. The molecule has 2 nitrogen and oxygen atoms in total. The van der Waals surface area contributed by atoms with Crippen LogP contribution in [0, 0.1) is 11.6 Å². The summed E-state index contributed by atoms with van der Waals surface area (Å²) >= 11 is 1.29. The van der Waals surface area contributed by atoms with Crippen molar-refractivity contribution < 1.29 is 18.3 Å². The first-order chi connectivity index (χ1) is 9.60. The molecular formula is C15H12F2O2S. The molecule has 2 rings (SSSR count). The van der Waals surface area contributed by atoms with Crippen molar-refractivity contribution in [3.05, 3.63) is 59.7 Å². The molecule has 2 aromatic rings. The van der Waals surface area contributed by atoms with Gasteiger partial charge in [-0.25, -0.2) is 8.78 Å². The molecule has 0 aromatic heterocycles. The van der Waals surface area contributed by atoms with Crippen molar-refractivity contribution in [2.45, 2.75) is 4.90 Å². The first-order valence-electron chi connectivity index (χ1n) is 5.85. The molecule has 0 aliphatic rings. The Morgan fingerprint density at radius 1 is 1.15 bits per heavy atom. The van der Waals surface area contributed by atoms with E-state index in [-0.39, 0.29) is 17.1 Å². The van der Waals surface area contributed by atoms with Crippen molar-refractivity contribution in [2.24, 2.45) is 0 Å². The van der Waals surface area contributed by atoms with Crippen LogP contribution in [0.1, 0.15) is 10.4 Å². The number of ether oxygens (including phenoxy) is 1. The van der Waals surface area contributed by atoms with Crippen molar-refractivity contribution in [1.29, 1.82) is 0 Å². The van der Waals surface area contributed by atoms with Crippen molar-refractivity contribution in [2.75, 3.05) is 12.9 Å². The molecule has 0 spiro atoms. The zero-order valence-electron chi connectivity index (χ0n) is 10.7. The molecule has 0 saturated carbocycles. The number of carbonyl (C=O) groups is 1. The van der Waals surface area contributed by atoms with Gasteiger partial charge in [-0.05, 0) is 36.4 Å². The predicted molar refractivity (Wildman–Crippen MR) is 74.4 cm³/mol. The van der Waals surface area contributed by atoms with Gasteiger partial charge in [-0.1, -0.05) is 0 Å². The van der Waals surface area contributed by atoms with Crippen LogP contribution in [0.4, 0.5) is 8.78 Å². The number of ketones is 1. The molecular weight excluding hydrogens is 282 g/mol. The smallest absolute Gasteiger partial charge is 0.176 e. The van der Waals surface area contributed by atoms with E-state index in [2.05, 4.69) is 0 Å². The van der Waals surface area contributed by atoms with E-state index in [1.807, 2.05) is 12.1 Å². The van der Waals surface area contributed by atoms with Crippen molar-refractivity contribution in [1.82, 2.24) is 0 Å². The number of hydrogen-bond acceptors (Lipinski definition) is 3. The van der Waals surface area contributed by atoms with Crippen molar-refractivity contribution >= 4 is 17.5 Å². The van der Waals surface area contributed by atoms with Crippen LogP contribution in [0.25, 0.3) is 0 Å². The molecule has 0 N–H and O–H groups in total. The summed E-state index contributed by atoms with van der Waals surface area (Å²) in [5.41, 5.74) is -0.0904. The molecule has 0 aliphatic carbocycles. The van der Waals surface area contributed by atoms with E-state index in [0.29, 0.717) is 6.07 Å². The van der Waals surface area contributed by atoms with Crippen LogP contribution in [-0.4, -0.2) is 18.6 Å². The third-order valence-electron chi connectivity index (χ3n) is 2.66. The Bertz CT molecular complexity index is 612. The Morgan fingerprint density at radius 2 is 1.85 bits per heavy atom. The molecule has 0 aliphatic heterocycles. The molecule has 0 bridgehead atoms. The molecule has 0 amide bonds. The van der Waals surface area contributed by atoms with Gasteiger partial charge in [0.2, 0.25) is 0 Å². The maximum atomic E-state index is 13.4. The second-order valence-electron chi connectivity index (χ2n) is 4.01. The van der Waals surface area contributed by atoms with E-state index < -0.39 is 11.6 Å². The zero-order chi connectivity index (χ0) is 14.5. The topological polar surface area (TPSA) is 26.3 Å². The van der Waals surface area contributed by atoms with E-state index in [1.165, 1.54) is 17.8 Å². The summed E-state index contributed by atoms with van der Waals surface area (Å²) in [4.78, 5) is 12.7. The summed E-state index contributed by atoms with van der Waals surface area (Å²) in [5.74, 6) is -1.07. The second-order valence-corrected chi connectivity index (χ2v) is 5.06. The van der Waals surface area contributed by atoms with Crippen LogP contribution < -0.4 is 4.74 Å². The minimum atomic E-state index is -0.828. The maximum absolute atomic E-state index is 13.4. The van der Waals surface area contributed by atoms with Gasteiger partial charge in [-0.2, -0.15) is 0 Å². The SMILES string of the molecule is COc1ccc(SCC(=O)c2ccc(F)cc2F)cc1. The summed E-state index contributed by atoms with van der Waals surface area (Å²) in [7, 11) is 1.57. The predicted octanol–water partition coefficient (Wildman–Crippen LogP) is 3.95. The van der Waals surface area contributed by atoms with Gasteiger partial charge >= 0.3 is 0 Å². The summed E-state index contributed by atoms with van der Waals surface area (Å²) in [6, 6.07) is 10.2. The van der Waals surface area contributed by atoms with Crippen LogP contribution in [0.15, 0.2) is 47.4 Å². The lowest BCUT2D eigenvalue weighted by Crippen LogP contribution is -2.05. The molecule has 0 fully saturated rings. The number of rotatable bonds is 5. The van der Waals surface area contributed by atoms with E-state index in [4.69, 9.17) is 4.74 Å². The quantitative estimate of drug-likeness (QED) is 0.617. The zero-order valence-corrected chi connectivity index (χ0v) is 11.5. The fourth-order valence-electron chi connectivity index (χ4n) is 1.61. The lowest BCUT2D eigenvalue weighted by molar-refractivity contribution is 0.101. The monoisotopic (exact) mass is 294 g/mol. The van der Waals surface area contributed by atoms with Gasteiger partial charge in [0.25, 0.3) is 0 Å². The number of halogens is 2. The van der Waals surface area contributed by atoms with Crippen molar-refractivity contribution in [3.8, 4) is 5.75 Å². The molecule has 20 heavy (non-hydrogen) atoms. The molecule has 0 radical (unpaired) electrons. The van der Waals surface area contributed by atoms with Gasteiger partial charge in [-0.15, -0.1) is 11.8 Å². The fourth-order valence-corrected chi connectivity index (χ4v) is 2.40. The van der Waals surface area contributed by atoms with Crippen LogP contribution in [-0.2, 0) is 0 Å².